The highest BCUT2D eigenvalue weighted by molar-refractivity contribution is 7.15. The van der Waals surface area contributed by atoms with Crippen LogP contribution in [-0.4, -0.2) is 16.1 Å². The minimum Gasteiger partial charge on any atom is -0.299 e. The lowest BCUT2D eigenvalue weighted by atomic mass is 9.81. The first-order valence-electron chi connectivity index (χ1n) is 6.19. The minimum absolute atomic E-state index is 0.219. The van der Waals surface area contributed by atoms with Crippen molar-refractivity contribution in [3.63, 3.8) is 0 Å². The van der Waals surface area contributed by atoms with Crippen LogP contribution in [0, 0.1) is 23.7 Å². The molecule has 1 aliphatic carbocycles. The third-order valence-corrected chi connectivity index (χ3v) is 4.11. The van der Waals surface area contributed by atoms with E-state index in [0.717, 1.165) is 30.7 Å². The number of rotatable bonds is 2. The Morgan fingerprint density at radius 2 is 2.00 bits per heavy atom. The van der Waals surface area contributed by atoms with E-state index in [1.165, 1.54) is 11.3 Å². The molecule has 2 rings (SSSR count). The van der Waals surface area contributed by atoms with Crippen LogP contribution < -0.4 is 5.32 Å². The molecular weight excluding hydrogens is 248 g/mol. The zero-order valence-electron chi connectivity index (χ0n) is 10.4. The molecule has 96 valence electrons. The van der Waals surface area contributed by atoms with Gasteiger partial charge in [-0.05, 0) is 19.8 Å². The Balaban J connectivity index is 2.12. The highest BCUT2D eigenvalue weighted by Crippen LogP contribution is 2.35. The van der Waals surface area contributed by atoms with Gasteiger partial charge in [-0.2, -0.15) is 5.26 Å². The van der Waals surface area contributed by atoms with Gasteiger partial charge in [0.2, 0.25) is 11.0 Å². The van der Waals surface area contributed by atoms with Crippen LogP contribution in [0.25, 0.3) is 0 Å². The van der Waals surface area contributed by atoms with E-state index in [0.29, 0.717) is 18.0 Å². The molecule has 5 nitrogen and oxygen atoms in total. The molecule has 0 aliphatic heterocycles. The maximum absolute atomic E-state index is 12.3. The normalized spacial score (nSPS) is 18.7. The topological polar surface area (TPSA) is 78.7 Å². The maximum atomic E-state index is 12.3. The molecule has 1 saturated carbocycles. The number of hydrogen-bond acceptors (Lipinski definition) is 5. The van der Waals surface area contributed by atoms with Crippen LogP contribution >= 0.6 is 11.3 Å². The summed E-state index contributed by atoms with van der Waals surface area (Å²) in [5.41, 5.74) is -0.879. The van der Waals surface area contributed by atoms with E-state index in [9.17, 15) is 10.1 Å². The quantitative estimate of drug-likeness (QED) is 0.833. The van der Waals surface area contributed by atoms with Crippen LogP contribution in [0.3, 0.4) is 0 Å². The average molecular weight is 264 g/mol. The molecule has 0 unspecified atom stereocenters. The maximum Gasteiger partial charge on any atom is 0.246 e. The minimum atomic E-state index is -0.879. The first-order valence-corrected chi connectivity index (χ1v) is 7.01. The Kier molecular flexibility index (Phi) is 3.92. The number of aromatic nitrogens is 2. The molecule has 1 amide bonds. The highest BCUT2D eigenvalue weighted by Gasteiger charge is 2.39. The van der Waals surface area contributed by atoms with E-state index < -0.39 is 5.41 Å². The van der Waals surface area contributed by atoms with Crippen molar-refractivity contribution >= 4 is 22.4 Å². The van der Waals surface area contributed by atoms with Gasteiger partial charge >= 0.3 is 0 Å². The van der Waals surface area contributed by atoms with E-state index in [4.69, 9.17) is 0 Å². The van der Waals surface area contributed by atoms with Crippen molar-refractivity contribution in [1.82, 2.24) is 10.2 Å². The number of amides is 1. The second-order valence-corrected chi connectivity index (χ2v) is 5.87. The van der Waals surface area contributed by atoms with Crippen LogP contribution in [0.1, 0.15) is 43.5 Å². The van der Waals surface area contributed by atoms with E-state index >= 15 is 0 Å². The van der Waals surface area contributed by atoms with Crippen LogP contribution in [0.5, 0.6) is 0 Å². The standard InChI is InChI=1S/C12H16N4OS/c1-9-15-16-11(18-9)14-10(17)12(8-13)6-4-2-3-5-7-12/h2-7H2,1H3,(H,14,16,17). The average Bonchev–Trinajstić information content (AvgIpc) is 2.65. The molecule has 1 heterocycles. The molecule has 1 N–H and O–H groups in total. The summed E-state index contributed by atoms with van der Waals surface area (Å²) in [6.07, 6.45) is 5.38. The van der Waals surface area contributed by atoms with Gasteiger partial charge in [-0.3, -0.25) is 10.1 Å². The summed E-state index contributed by atoms with van der Waals surface area (Å²) < 4.78 is 0. The van der Waals surface area contributed by atoms with Crippen molar-refractivity contribution in [2.24, 2.45) is 5.41 Å². The summed E-state index contributed by atoms with van der Waals surface area (Å²) in [7, 11) is 0. The van der Waals surface area contributed by atoms with Crippen LogP contribution in [0.2, 0.25) is 0 Å². The van der Waals surface area contributed by atoms with Crippen LogP contribution in [-0.2, 0) is 4.79 Å². The Morgan fingerprint density at radius 3 is 2.50 bits per heavy atom. The van der Waals surface area contributed by atoms with E-state index in [1.807, 2.05) is 6.92 Å². The van der Waals surface area contributed by atoms with Gasteiger partial charge in [-0.25, -0.2) is 0 Å². The number of nitriles is 1. The predicted molar refractivity (Wildman–Crippen MR) is 69.0 cm³/mol. The SMILES string of the molecule is Cc1nnc(NC(=O)C2(C#N)CCCCCC2)s1. The third kappa shape index (κ3) is 2.67. The molecule has 1 aliphatic rings. The third-order valence-electron chi connectivity index (χ3n) is 3.35. The molecule has 18 heavy (non-hydrogen) atoms. The largest absolute Gasteiger partial charge is 0.299 e. The second-order valence-electron chi connectivity index (χ2n) is 4.69. The van der Waals surface area contributed by atoms with Crippen LogP contribution in [0.4, 0.5) is 5.13 Å². The highest BCUT2D eigenvalue weighted by atomic mass is 32.1. The van der Waals surface area contributed by atoms with Gasteiger partial charge in [-0.1, -0.05) is 37.0 Å². The summed E-state index contributed by atoms with van der Waals surface area (Å²) in [5, 5.41) is 21.1. The summed E-state index contributed by atoms with van der Waals surface area (Å²) in [6.45, 7) is 1.83. The number of nitrogens with zero attached hydrogens (tertiary/aromatic N) is 3. The molecule has 0 atom stereocenters. The fourth-order valence-corrected chi connectivity index (χ4v) is 2.87. The van der Waals surface area contributed by atoms with Crippen molar-refractivity contribution in [3.8, 4) is 6.07 Å². The summed E-state index contributed by atoms with van der Waals surface area (Å²) >= 11 is 1.33. The number of aryl methyl sites for hydroxylation is 1. The lowest BCUT2D eigenvalue weighted by Gasteiger charge is -2.22. The lowest BCUT2D eigenvalue weighted by Crippen LogP contribution is -2.34. The molecule has 0 saturated heterocycles. The Hall–Kier alpha value is -1.48. The van der Waals surface area contributed by atoms with Crippen molar-refractivity contribution < 1.29 is 4.79 Å². The molecule has 0 spiro atoms. The van der Waals surface area contributed by atoms with E-state index in [-0.39, 0.29) is 5.91 Å². The number of hydrogen-bond donors (Lipinski definition) is 1. The smallest absolute Gasteiger partial charge is 0.246 e. The molecular formula is C12H16N4OS. The molecule has 0 bridgehead atoms. The first-order chi connectivity index (χ1) is 8.66. The van der Waals surface area contributed by atoms with Crippen molar-refractivity contribution in [2.45, 2.75) is 45.4 Å². The molecule has 1 aromatic heterocycles. The van der Waals surface area contributed by atoms with Crippen molar-refractivity contribution in [2.75, 3.05) is 5.32 Å². The summed E-state index contributed by atoms with van der Waals surface area (Å²) in [6, 6.07) is 2.23. The zero-order valence-corrected chi connectivity index (χ0v) is 11.2. The second kappa shape index (κ2) is 5.44. The van der Waals surface area contributed by atoms with E-state index in [1.54, 1.807) is 0 Å². The number of anilines is 1. The first kappa shape index (κ1) is 13.0. The van der Waals surface area contributed by atoms with Gasteiger partial charge in [0.25, 0.3) is 0 Å². The van der Waals surface area contributed by atoms with Gasteiger partial charge < -0.3 is 0 Å². The van der Waals surface area contributed by atoms with Gasteiger partial charge in [0, 0.05) is 0 Å². The van der Waals surface area contributed by atoms with Crippen molar-refractivity contribution in [3.05, 3.63) is 5.01 Å². The van der Waals surface area contributed by atoms with Gasteiger partial charge in [0.05, 0.1) is 6.07 Å². The fraction of sp³-hybridized carbons (Fsp3) is 0.667. The fourth-order valence-electron chi connectivity index (χ4n) is 2.29. The van der Waals surface area contributed by atoms with Crippen LogP contribution in [0.15, 0.2) is 0 Å². The summed E-state index contributed by atoms with van der Waals surface area (Å²) in [5.74, 6) is -0.219. The van der Waals surface area contributed by atoms with E-state index in [2.05, 4.69) is 21.6 Å². The Labute approximate surface area is 110 Å². The van der Waals surface area contributed by atoms with Crippen molar-refractivity contribution in [1.29, 1.82) is 5.26 Å². The molecule has 6 heteroatoms. The Bertz CT molecular complexity index is 469. The molecule has 0 aromatic carbocycles. The zero-order chi connectivity index (χ0) is 13.0. The molecule has 1 fully saturated rings. The van der Waals surface area contributed by atoms with Gasteiger partial charge in [0.15, 0.2) is 0 Å². The number of carbonyl (C=O) groups is 1. The monoisotopic (exact) mass is 264 g/mol. The molecule has 1 aromatic rings. The number of carbonyl (C=O) groups excluding carboxylic acids is 1. The van der Waals surface area contributed by atoms with Gasteiger partial charge in [0.1, 0.15) is 10.4 Å². The number of nitrogens with one attached hydrogen (secondary N) is 1. The Morgan fingerprint density at radius 1 is 1.33 bits per heavy atom. The molecule has 0 radical (unpaired) electrons. The van der Waals surface area contributed by atoms with Gasteiger partial charge in [-0.15, -0.1) is 10.2 Å². The summed E-state index contributed by atoms with van der Waals surface area (Å²) in [4.78, 5) is 12.3. The lowest BCUT2D eigenvalue weighted by molar-refractivity contribution is -0.123. The predicted octanol–water partition coefficient (Wildman–Crippen LogP) is 2.65.